The molecule has 1 heterocycles. The molecule has 2 rings (SSSR count). The first-order chi connectivity index (χ1) is 6.16. The molecule has 13 heavy (non-hydrogen) atoms. The predicted molar refractivity (Wildman–Crippen MR) is 55.4 cm³/mol. The highest BCUT2D eigenvalue weighted by Crippen LogP contribution is 2.35. The Hall–Kier alpha value is -0.760. The second-order valence-electron chi connectivity index (χ2n) is 3.56. The third kappa shape index (κ3) is 1.63. The fraction of sp³-hybridized carbons (Fsp3) is 0.364. The van der Waals surface area contributed by atoms with E-state index in [1.807, 2.05) is 23.9 Å². The first-order valence-electron chi connectivity index (χ1n) is 4.47. The van der Waals surface area contributed by atoms with Crippen LogP contribution >= 0.6 is 11.8 Å². The van der Waals surface area contributed by atoms with Crippen molar-refractivity contribution >= 4 is 17.5 Å². The van der Waals surface area contributed by atoms with Crippen molar-refractivity contribution in [3.8, 4) is 0 Å². The third-order valence-electron chi connectivity index (χ3n) is 2.24. The smallest absolute Gasteiger partial charge is 0.165 e. The minimum atomic E-state index is 0.293. The molecule has 1 atom stereocenters. The highest BCUT2D eigenvalue weighted by molar-refractivity contribution is 8.00. The number of thioether (sulfide) groups is 1. The molecular weight excluding hydrogens is 180 g/mol. The Morgan fingerprint density at radius 2 is 2.23 bits per heavy atom. The molecule has 0 saturated heterocycles. The van der Waals surface area contributed by atoms with Crippen LogP contribution in [0.25, 0.3) is 0 Å². The largest absolute Gasteiger partial charge is 0.294 e. The highest BCUT2D eigenvalue weighted by Gasteiger charge is 2.22. The fourth-order valence-electron chi connectivity index (χ4n) is 1.59. The standard InChI is InChI=1S/C11H12OS/c1-7-3-4-9-10(12)6-8(2)13-11(9)5-7/h3-5,8H,6H2,1-2H3. The zero-order chi connectivity index (χ0) is 9.42. The zero-order valence-corrected chi connectivity index (χ0v) is 8.65. The monoisotopic (exact) mass is 192 g/mol. The number of carbonyl (C=O) groups is 1. The number of benzene rings is 1. The van der Waals surface area contributed by atoms with E-state index >= 15 is 0 Å². The van der Waals surface area contributed by atoms with Gasteiger partial charge in [-0.3, -0.25) is 4.79 Å². The van der Waals surface area contributed by atoms with Crippen LogP contribution in [-0.2, 0) is 0 Å². The second-order valence-corrected chi connectivity index (χ2v) is 5.04. The van der Waals surface area contributed by atoms with E-state index in [9.17, 15) is 4.79 Å². The summed E-state index contributed by atoms with van der Waals surface area (Å²) in [5, 5.41) is 0.432. The van der Waals surface area contributed by atoms with Gasteiger partial charge in [-0.1, -0.05) is 19.1 Å². The summed E-state index contributed by atoms with van der Waals surface area (Å²) in [6, 6.07) is 6.06. The number of rotatable bonds is 0. The predicted octanol–water partition coefficient (Wildman–Crippen LogP) is 3.06. The number of aryl methyl sites for hydroxylation is 1. The average Bonchev–Trinajstić information content (AvgIpc) is 2.02. The lowest BCUT2D eigenvalue weighted by molar-refractivity contribution is 0.0978. The first-order valence-corrected chi connectivity index (χ1v) is 5.35. The first kappa shape index (κ1) is 8.82. The van der Waals surface area contributed by atoms with Gasteiger partial charge in [0.1, 0.15) is 0 Å². The number of hydrogen-bond acceptors (Lipinski definition) is 2. The van der Waals surface area contributed by atoms with E-state index in [-0.39, 0.29) is 0 Å². The number of carbonyl (C=O) groups excluding carboxylic acids is 1. The van der Waals surface area contributed by atoms with Crippen LogP contribution in [-0.4, -0.2) is 11.0 Å². The molecule has 1 aromatic carbocycles. The molecule has 0 amide bonds. The van der Waals surface area contributed by atoms with Crippen molar-refractivity contribution in [3.63, 3.8) is 0 Å². The lowest BCUT2D eigenvalue weighted by Gasteiger charge is -2.19. The van der Waals surface area contributed by atoms with E-state index in [4.69, 9.17) is 0 Å². The molecule has 0 bridgehead atoms. The molecule has 0 radical (unpaired) electrons. The van der Waals surface area contributed by atoms with Crippen molar-refractivity contribution in [2.24, 2.45) is 0 Å². The van der Waals surface area contributed by atoms with Crippen LogP contribution in [0.3, 0.4) is 0 Å². The van der Waals surface area contributed by atoms with E-state index in [1.54, 1.807) is 0 Å². The maximum Gasteiger partial charge on any atom is 0.165 e. The number of hydrogen-bond donors (Lipinski definition) is 0. The fourth-order valence-corrected chi connectivity index (χ4v) is 2.82. The third-order valence-corrected chi connectivity index (χ3v) is 3.40. The normalized spacial score (nSPS) is 21.4. The highest BCUT2D eigenvalue weighted by atomic mass is 32.2. The Labute approximate surface area is 82.5 Å². The van der Waals surface area contributed by atoms with Gasteiger partial charge in [-0.25, -0.2) is 0 Å². The van der Waals surface area contributed by atoms with Crippen molar-refractivity contribution in [2.45, 2.75) is 30.4 Å². The SMILES string of the molecule is Cc1ccc2c(c1)SC(C)CC2=O. The molecule has 0 N–H and O–H groups in total. The van der Waals surface area contributed by atoms with Gasteiger partial charge < -0.3 is 0 Å². The number of fused-ring (bicyclic) bond motifs is 1. The molecule has 0 saturated carbocycles. The molecule has 0 fully saturated rings. The van der Waals surface area contributed by atoms with Crippen LogP contribution < -0.4 is 0 Å². The molecule has 1 unspecified atom stereocenters. The van der Waals surface area contributed by atoms with Crippen LogP contribution in [0.5, 0.6) is 0 Å². The summed E-state index contributed by atoms with van der Waals surface area (Å²) in [6.07, 6.45) is 0.681. The topological polar surface area (TPSA) is 17.1 Å². The number of Topliss-reactive ketones (excluding diaryl/α,β-unsaturated/α-hetero) is 1. The van der Waals surface area contributed by atoms with Gasteiger partial charge in [0.25, 0.3) is 0 Å². The Bertz CT molecular complexity index is 357. The Balaban J connectivity index is 2.49. The van der Waals surface area contributed by atoms with Crippen LogP contribution in [0.2, 0.25) is 0 Å². The van der Waals surface area contributed by atoms with Crippen LogP contribution in [0.15, 0.2) is 23.1 Å². The molecule has 1 aliphatic rings. The Kier molecular flexibility index (Phi) is 2.16. The lowest BCUT2D eigenvalue weighted by Crippen LogP contribution is -2.14. The molecule has 1 nitrogen and oxygen atoms in total. The van der Waals surface area contributed by atoms with Gasteiger partial charge in [0.15, 0.2) is 5.78 Å². The van der Waals surface area contributed by atoms with Gasteiger partial charge >= 0.3 is 0 Å². The molecule has 1 aliphatic heterocycles. The molecule has 2 heteroatoms. The Morgan fingerprint density at radius 1 is 1.46 bits per heavy atom. The zero-order valence-electron chi connectivity index (χ0n) is 7.83. The molecule has 1 aromatic rings. The maximum absolute atomic E-state index is 11.6. The summed E-state index contributed by atoms with van der Waals surface area (Å²) >= 11 is 1.81. The number of ketones is 1. The lowest BCUT2D eigenvalue weighted by atomic mass is 10.0. The minimum Gasteiger partial charge on any atom is -0.294 e. The van der Waals surface area contributed by atoms with Crippen molar-refractivity contribution < 1.29 is 4.79 Å². The quantitative estimate of drug-likeness (QED) is 0.628. The van der Waals surface area contributed by atoms with Gasteiger partial charge in [0.2, 0.25) is 0 Å². The van der Waals surface area contributed by atoms with Crippen LogP contribution in [0.4, 0.5) is 0 Å². The van der Waals surface area contributed by atoms with Gasteiger partial charge in [-0.2, -0.15) is 0 Å². The summed E-state index contributed by atoms with van der Waals surface area (Å²) < 4.78 is 0. The van der Waals surface area contributed by atoms with Crippen molar-refractivity contribution in [1.29, 1.82) is 0 Å². The van der Waals surface area contributed by atoms with Gasteiger partial charge in [-0.15, -0.1) is 11.8 Å². The van der Waals surface area contributed by atoms with E-state index in [0.717, 1.165) is 10.5 Å². The van der Waals surface area contributed by atoms with Gasteiger partial charge in [0, 0.05) is 22.1 Å². The second kappa shape index (κ2) is 3.18. The van der Waals surface area contributed by atoms with Crippen molar-refractivity contribution in [3.05, 3.63) is 29.3 Å². The summed E-state index contributed by atoms with van der Waals surface area (Å²) in [7, 11) is 0. The molecule has 0 spiro atoms. The summed E-state index contributed by atoms with van der Waals surface area (Å²) in [5.41, 5.74) is 2.14. The summed E-state index contributed by atoms with van der Waals surface area (Å²) in [4.78, 5) is 12.8. The Morgan fingerprint density at radius 3 is 3.00 bits per heavy atom. The summed E-state index contributed by atoms with van der Waals surface area (Å²) in [5.74, 6) is 0.293. The van der Waals surface area contributed by atoms with Crippen LogP contribution in [0.1, 0.15) is 29.3 Å². The van der Waals surface area contributed by atoms with E-state index < -0.39 is 0 Å². The molecule has 68 valence electrons. The van der Waals surface area contributed by atoms with Crippen molar-refractivity contribution in [1.82, 2.24) is 0 Å². The molecular formula is C11H12OS. The molecule has 0 aliphatic carbocycles. The van der Waals surface area contributed by atoms with E-state index in [2.05, 4.69) is 19.9 Å². The van der Waals surface area contributed by atoms with E-state index in [1.165, 1.54) is 5.56 Å². The van der Waals surface area contributed by atoms with E-state index in [0.29, 0.717) is 17.5 Å². The van der Waals surface area contributed by atoms with Gasteiger partial charge in [-0.05, 0) is 18.6 Å². The maximum atomic E-state index is 11.6. The summed E-state index contributed by atoms with van der Waals surface area (Å²) in [6.45, 7) is 4.17. The minimum absolute atomic E-state index is 0.293. The molecule has 0 aromatic heterocycles. The van der Waals surface area contributed by atoms with Crippen LogP contribution in [0, 0.1) is 6.92 Å². The van der Waals surface area contributed by atoms with Gasteiger partial charge in [0.05, 0.1) is 0 Å². The average molecular weight is 192 g/mol. The van der Waals surface area contributed by atoms with Crippen molar-refractivity contribution in [2.75, 3.05) is 0 Å².